The van der Waals surface area contributed by atoms with Crippen LogP contribution in [0.15, 0.2) is 200 Å². The first-order valence-corrected chi connectivity index (χ1v) is 20.1. The van der Waals surface area contributed by atoms with Gasteiger partial charge in [-0.3, -0.25) is 0 Å². The van der Waals surface area contributed by atoms with Crippen molar-refractivity contribution in [2.45, 2.75) is 10.8 Å². The Labute approximate surface area is 331 Å². The van der Waals surface area contributed by atoms with E-state index in [1.165, 1.54) is 100 Å². The van der Waals surface area contributed by atoms with Gasteiger partial charge in [0.25, 0.3) is 0 Å². The van der Waals surface area contributed by atoms with Crippen LogP contribution in [0.25, 0.3) is 55.6 Å². The third kappa shape index (κ3) is 3.34. The van der Waals surface area contributed by atoms with Crippen LogP contribution in [0.1, 0.15) is 44.5 Å². The lowest BCUT2D eigenvalue weighted by atomic mass is 9.70. The van der Waals surface area contributed by atoms with Gasteiger partial charge in [-0.25, -0.2) is 0 Å². The SMILES string of the molecule is c1ccc(N(c2ccc3c(c2)C2(c4ccccc4-c4ccccc42)c2ccccc2-3)c2ccc3c(c2)C24c5ccccc5-c5cccc(c52)-c2cccc-3c24)cc1. The van der Waals surface area contributed by atoms with Gasteiger partial charge in [0, 0.05) is 17.1 Å². The average molecular weight is 720 g/mol. The maximum absolute atomic E-state index is 2.53. The molecule has 262 valence electrons. The van der Waals surface area contributed by atoms with E-state index < -0.39 is 5.41 Å². The van der Waals surface area contributed by atoms with Gasteiger partial charge in [-0.2, -0.15) is 0 Å². The zero-order valence-electron chi connectivity index (χ0n) is 31.0. The standard InChI is InChI=1S/C56H33N/c1-2-14-34(15-3-1)57(35-28-30-41-39-18-6-10-26-49(39)55(51(41)32-35)47-24-8-4-16-37(47)38-17-5-9-25-48(38)55)36-29-31-42-44-21-13-23-46-45-22-12-20-43-40-19-7-11-27-50(40)56(53(43)45,54(44)46)52(42)33-36/h1-33H. The predicted molar refractivity (Wildman–Crippen MR) is 233 cm³/mol. The highest BCUT2D eigenvalue weighted by Gasteiger charge is 2.57. The molecule has 0 saturated carbocycles. The molecule has 0 aromatic heterocycles. The molecular weight excluding hydrogens is 687 g/mol. The van der Waals surface area contributed by atoms with E-state index in [2.05, 4.69) is 205 Å². The van der Waals surface area contributed by atoms with E-state index in [-0.39, 0.29) is 5.41 Å². The number of hydrogen-bond acceptors (Lipinski definition) is 1. The molecular formula is C56H33N. The summed E-state index contributed by atoms with van der Waals surface area (Å²) in [4.78, 5) is 2.49. The average Bonchev–Trinajstić information content (AvgIpc) is 4.03. The molecule has 1 unspecified atom stereocenters. The van der Waals surface area contributed by atoms with Gasteiger partial charge in [0.1, 0.15) is 0 Å². The molecule has 1 nitrogen and oxygen atoms in total. The van der Waals surface area contributed by atoms with Crippen molar-refractivity contribution in [1.82, 2.24) is 0 Å². The summed E-state index contributed by atoms with van der Waals surface area (Å²) in [5.74, 6) is 0. The predicted octanol–water partition coefficient (Wildman–Crippen LogP) is 13.8. The molecule has 0 aliphatic heterocycles. The molecule has 0 saturated heterocycles. The van der Waals surface area contributed by atoms with E-state index in [0.717, 1.165) is 17.1 Å². The van der Waals surface area contributed by atoms with E-state index in [0.29, 0.717) is 0 Å². The van der Waals surface area contributed by atoms with Gasteiger partial charge in [-0.15, -0.1) is 0 Å². The summed E-state index contributed by atoms with van der Waals surface area (Å²) in [6, 6.07) is 75.8. The number of anilines is 3. The van der Waals surface area contributed by atoms with Crippen LogP contribution < -0.4 is 4.90 Å². The van der Waals surface area contributed by atoms with E-state index in [4.69, 9.17) is 0 Å². The van der Waals surface area contributed by atoms with Crippen molar-refractivity contribution in [3.63, 3.8) is 0 Å². The molecule has 0 fully saturated rings. The van der Waals surface area contributed by atoms with Crippen molar-refractivity contribution >= 4 is 17.1 Å². The molecule has 0 heterocycles. The third-order valence-electron chi connectivity index (χ3n) is 14.0. The first-order chi connectivity index (χ1) is 28.3. The number of fused-ring (bicyclic) bond motifs is 15. The summed E-state index contributed by atoms with van der Waals surface area (Å²) >= 11 is 0. The molecule has 2 spiro atoms. The molecule has 14 rings (SSSR count). The molecule has 9 aromatic carbocycles. The Morgan fingerprint density at radius 1 is 0.228 bits per heavy atom. The highest BCUT2D eigenvalue weighted by molar-refractivity contribution is 6.06. The van der Waals surface area contributed by atoms with Crippen molar-refractivity contribution in [2.24, 2.45) is 0 Å². The fraction of sp³-hybridized carbons (Fsp3) is 0.0357. The molecule has 57 heavy (non-hydrogen) atoms. The summed E-state index contributed by atoms with van der Waals surface area (Å²) in [5, 5.41) is 0. The normalized spacial score (nSPS) is 16.6. The van der Waals surface area contributed by atoms with Crippen LogP contribution in [-0.2, 0) is 10.8 Å². The van der Waals surface area contributed by atoms with Crippen molar-refractivity contribution in [2.75, 3.05) is 4.90 Å². The molecule has 5 aliphatic rings. The van der Waals surface area contributed by atoms with Crippen molar-refractivity contribution in [1.29, 1.82) is 0 Å². The van der Waals surface area contributed by atoms with Gasteiger partial charge in [0.15, 0.2) is 0 Å². The number of para-hydroxylation sites is 1. The molecule has 0 bridgehead atoms. The van der Waals surface area contributed by atoms with E-state index in [1.54, 1.807) is 0 Å². The molecule has 5 aliphatic carbocycles. The van der Waals surface area contributed by atoms with Crippen LogP contribution in [-0.4, -0.2) is 0 Å². The van der Waals surface area contributed by atoms with E-state index >= 15 is 0 Å². The van der Waals surface area contributed by atoms with Crippen LogP contribution >= 0.6 is 0 Å². The van der Waals surface area contributed by atoms with E-state index in [1.807, 2.05) is 0 Å². The lowest BCUT2D eigenvalue weighted by molar-refractivity contribution is 0.793. The molecule has 1 heteroatoms. The number of benzene rings is 9. The Hall–Kier alpha value is -7.22. The van der Waals surface area contributed by atoms with Crippen LogP contribution in [0, 0.1) is 0 Å². The highest BCUT2D eigenvalue weighted by Crippen LogP contribution is 2.70. The zero-order valence-corrected chi connectivity index (χ0v) is 31.0. The topological polar surface area (TPSA) is 3.24 Å². The van der Waals surface area contributed by atoms with Gasteiger partial charge >= 0.3 is 0 Å². The lowest BCUT2D eigenvalue weighted by Gasteiger charge is -2.33. The van der Waals surface area contributed by atoms with Gasteiger partial charge in [0.2, 0.25) is 0 Å². The fourth-order valence-corrected chi connectivity index (χ4v) is 12.1. The van der Waals surface area contributed by atoms with Crippen LogP contribution in [0.2, 0.25) is 0 Å². The summed E-state index contributed by atoms with van der Waals surface area (Å²) in [5.41, 5.74) is 27.2. The summed E-state index contributed by atoms with van der Waals surface area (Å²) in [6.07, 6.45) is 0. The number of nitrogens with zero attached hydrogens (tertiary/aromatic N) is 1. The van der Waals surface area contributed by atoms with Crippen molar-refractivity contribution < 1.29 is 0 Å². The largest absolute Gasteiger partial charge is 0.310 e. The van der Waals surface area contributed by atoms with Crippen LogP contribution in [0.5, 0.6) is 0 Å². The minimum atomic E-state index is -0.413. The highest BCUT2D eigenvalue weighted by atomic mass is 15.1. The Kier molecular flexibility index (Phi) is 5.45. The zero-order chi connectivity index (χ0) is 37.0. The van der Waals surface area contributed by atoms with Gasteiger partial charge in [-0.05, 0) is 137 Å². The Balaban J connectivity index is 1.04. The van der Waals surface area contributed by atoms with Crippen molar-refractivity contribution in [3.05, 3.63) is 245 Å². The first kappa shape index (κ1) is 30.1. The molecule has 0 N–H and O–H groups in total. The fourth-order valence-electron chi connectivity index (χ4n) is 12.1. The second-order valence-corrected chi connectivity index (χ2v) is 16.3. The number of rotatable bonds is 3. The van der Waals surface area contributed by atoms with E-state index in [9.17, 15) is 0 Å². The molecule has 9 aromatic rings. The van der Waals surface area contributed by atoms with Gasteiger partial charge in [0.05, 0.1) is 10.8 Å². The Morgan fingerprint density at radius 2 is 0.561 bits per heavy atom. The number of hydrogen-bond donors (Lipinski definition) is 0. The lowest BCUT2D eigenvalue weighted by Crippen LogP contribution is -2.26. The third-order valence-corrected chi connectivity index (χ3v) is 14.0. The summed E-state index contributed by atoms with van der Waals surface area (Å²) in [6.45, 7) is 0. The smallest absolute Gasteiger partial charge is 0.0738 e. The second-order valence-electron chi connectivity index (χ2n) is 16.3. The second kappa shape index (κ2) is 10.3. The van der Waals surface area contributed by atoms with Crippen LogP contribution in [0.3, 0.4) is 0 Å². The minimum absolute atomic E-state index is 0.344. The maximum Gasteiger partial charge on any atom is 0.0738 e. The summed E-state index contributed by atoms with van der Waals surface area (Å²) in [7, 11) is 0. The molecule has 1 atom stereocenters. The Morgan fingerprint density at radius 3 is 1.05 bits per heavy atom. The molecule has 0 amide bonds. The molecule has 0 radical (unpaired) electrons. The van der Waals surface area contributed by atoms with Crippen molar-refractivity contribution in [3.8, 4) is 55.6 Å². The quantitative estimate of drug-likeness (QED) is 0.176. The van der Waals surface area contributed by atoms with Gasteiger partial charge in [-0.1, -0.05) is 164 Å². The monoisotopic (exact) mass is 719 g/mol. The minimum Gasteiger partial charge on any atom is -0.310 e. The van der Waals surface area contributed by atoms with Crippen LogP contribution in [0.4, 0.5) is 17.1 Å². The van der Waals surface area contributed by atoms with Gasteiger partial charge < -0.3 is 4.90 Å². The summed E-state index contributed by atoms with van der Waals surface area (Å²) < 4.78 is 0. The maximum atomic E-state index is 2.53. The Bertz CT molecular complexity index is 3060. The first-order valence-electron chi connectivity index (χ1n) is 20.1.